The summed E-state index contributed by atoms with van der Waals surface area (Å²) < 4.78 is 5.15. The molecule has 0 heterocycles. The quantitative estimate of drug-likeness (QED) is 0.813. The SMILES string of the molecule is CC(C)[C@H](NC(=O)OC(C)(C)C)C(C)(C)C(=O)O. The van der Waals surface area contributed by atoms with Gasteiger partial charge in [0.05, 0.1) is 11.5 Å². The van der Waals surface area contributed by atoms with Crippen molar-refractivity contribution in [2.75, 3.05) is 0 Å². The van der Waals surface area contributed by atoms with Crippen molar-refractivity contribution in [2.45, 2.75) is 60.1 Å². The molecule has 0 fully saturated rings. The van der Waals surface area contributed by atoms with E-state index in [9.17, 15) is 14.7 Å². The Labute approximate surface area is 109 Å². The molecule has 0 rings (SSSR count). The van der Waals surface area contributed by atoms with Crippen molar-refractivity contribution in [3.8, 4) is 0 Å². The third kappa shape index (κ3) is 4.94. The largest absolute Gasteiger partial charge is 0.481 e. The lowest BCUT2D eigenvalue weighted by Crippen LogP contribution is -2.52. The molecule has 0 radical (unpaired) electrons. The summed E-state index contributed by atoms with van der Waals surface area (Å²) in [5.74, 6) is -0.958. The molecule has 0 aliphatic carbocycles. The lowest BCUT2D eigenvalue weighted by molar-refractivity contribution is -0.149. The first kappa shape index (κ1) is 16.7. The van der Waals surface area contributed by atoms with E-state index in [4.69, 9.17) is 4.74 Å². The molecule has 5 heteroatoms. The molecule has 18 heavy (non-hydrogen) atoms. The molecule has 1 amide bonds. The molecule has 0 saturated carbocycles. The Balaban J connectivity index is 4.86. The maximum absolute atomic E-state index is 11.7. The number of carboxylic acids is 1. The number of carbonyl (C=O) groups excluding carboxylic acids is 1. The Kier molecular flexibility index (Phi) is 5.20. The topological polar surface area (TPSA) is 75.6 Å². The Bertz CT molecular complexity index is 315. The molecular weight excluding hydrogens is 234 g/mol. The summed E-state index contributed by atoms with van der Waals surface area (Å²) in [4.78, 5) is 23.0. The van der Waals surface area contributed by atoms with Gasteiger partial charge in [-0.25, -0.2) is 4.79 Å². The van der Waals surface area contributed by atoms with Crippen LogP contribution < -0.4 is 5.32 Å². The molecule has 0 aromatic carbocycles. The second-order valence-corrected chi connectivity index (χ2v) is 6.39. The monoisotopic (exact) mass is 259 g/mol. The summed E-state index contributed by atoms with van der Waals surface area (Å²) in [6.45, 7) is 12.2. The zero-order chi connectivity index (χ0) is 14.7. The number of ether oxygens (including phenoxy) is 1. The summed E-state index contributed by atoms with van der Waals surface area (Å²) in [6.07, 6.45) is -0.587. The summed E-state index contributed by atoms with van der Waals surface area (Å²) in [7, 11) is 0. The van der Waals surface area contributed by atoms with Crippen molar-refractivity contribution in [3.63, 3.8) is 0 Å². The minimum atomic E-state index is -1.05. The smallest absolute Gasteiger partial charge is 0.407 e. The van der Waals surface area contributed by atoms with Gasteiger partial charge in [-0.15, -0.1) is 0 Å². The number of carboxylic acid groups (broad SMARTS) is 1. The number of nitrogens with one attached hydrogen (secondary N) is 1. The lowest BCUT2D eigenvalue weighted by atomic mass is 9.78. The Morgan fingerprint density at radius 3 is 1.83 bits per heavy atom. The van der Waals surface area contributed by atoms with Gasteiger partial charge in [0.15, 0.2) is 0 Å². The number of rotatable bonds is 4. The number of alkyl carbamates (subject to hydrolysis) is 1. The molecule has 106 valence electrons. The van der Waals surface area contributed by atoms with Gasteiger partial charge >= 0.3 is 12.1 Å². The summed E-state index contributed by atoms with van der Waals surface area (Å²) in [6, 6.07) is -0.496. The minimum Gasteiger partial charge on any atom is -0.481 e. The van der Waals surface area contributed by atoms with Crippen molar-refractivity contribution < 1.29 is 19.4 Å². The van der Waals surface area contributed by atoms with Gasteiger partial charge in [-0.05, 0) is 40.5 Å². The molecule has 0 bridgehead atoms. The first-order chi connectivity index (χ1) is 7.88. The second kappa shape index (κ2) is 5.59. The van der Waals surface area contributed by atoms with Gasteiger partial charge in [0.2, 0.25) is 0 Å². The standard InChI is InChI=1S/C13H25NO4/c1-8(2)9(13(6,7)10(15)16)14-11(17)18-12(3,4)5/h8-9H,1-7H3,(H,14,17)(H,15,16)/t9-/m0/s1. The molecule has 0 aliphatic rings. The van der Waals surface area contributed by atoms with Gasteiger partial charge in [-0.1, -0.05) is 13.8 Å². The Morgan fingerprint density at radius 1 is 1.11 bits per heavy atom. The number of carbonyl (C=O) groups is 2. The Hall–Kier alpha value is -1.26. The number of aliphatic carboxylic acids is 1. The highest BCUT2D eigenvalue weighted by Gasteiger charge is 2.40. The van der Waals surface area contributed by atoms with Crippen LogP contribution in [0.4, 0.5) is 4.79 Å². The molecule has 1 atom stereocenters. The maximum atomic E-state index is 11.7. The van der Waals surface area contributed by atoms with E-state index in [1.165, 1.54) is 0 Å². The van der Waals surface area contributed by atoms with Crippen molar-refractivity contribution >= 4 is 12.1 Å². The van der Waals surface area contributed by atoms with E-state index in [-0.39, 0.29) is 5.92 Å². The fraction of sp³-hybridized carbons (Fsp3) is 0.846. The van der Waals surface area contributed by atoms with Crippen molar-refractivity contribution in [3.05, 3.63) is 0 Å². The number of amides is 1. The molecule has 0 aliphatic heterocycles. The van der Waals surface area contributed by atoms with Gasteiger partial charge in [0, 0.05) is 0 Å². The van der Waals surface area contributed by atoms with Gasteiger partial charge < -0.3 is 15.2 Å². The summed E-state index contributed by atoms with van der Waals surface area (Å²) in [5, 5.41) is 11.9. The zero-order valence-corrected chi connectivity index (χ0v) is 12.3. The summed E-state index contributed by atoms with van der Waals surface area (Å²) >= 11 is 0. The van der Waals surface area contributed by atoms with Crippen LogP contribution in [0, 0.1) is 11.3 Å². The highest BCUT2D eigenvalue weighted by molar-refractivity contribution is 5.76. The molecule has 0 spiro atoms. The summed E-state index contributed by atoms with van der Waals surface area (Å²) in [5.41, 5.74) is -1.65. The van der Waals surface area contributed by atoms with Crippen LogP contribution in [-0.2, 0) is 9.53 Å². The molecule has 0 unspecified atom stereocenters. The Morgan fingerprint density at radius 2 is 1.56 bits per heavy atom. The van der Waals surface area contributed by atoms with Crippen molar-refractivity contribution in [1.29, 1.82) is 0 Å². The lowest BCUT2D eigenvalue weighted by Gasteiger charge is -2.34. The van der Waals surface area contributed by atoms with E-state index in [2.05, 4.69) is 5.32 Å². The molecule has 2 N–H and O–H groups in total. The molecule has 0 aromatic rings. The molecule has 0 saturated heterocycles. The van der Waals surface area contributed by atoms with Gasteiger partial charge in [-0.2, -0.15) is 0 Å². The van der Waals surface area contributed by atoms with Crippen LogP contribution in [-0.4, -0.2) is 28.8 Å². The third-order valence-electron chi connectivity index (χ3n) is 2.67. The van der Waals surface area contributed by atoms with E-state index in [0.717, 1.165) is 0 Å². The normalized spacial score (nSPS) is 14.2. The third-order valence-corrected chi connectivity index (χ3v) is 2.67. The second-order valence-electron chi connectivity index (χ2n) is 6.39. The van der Waals surface area contributed by atoms with Crippen LogP contribution in [0.15, 0.2) is 0 Å². The molecule has 0 aromatic heterocycles. The zero-order valence-electron chi connectivity index (χ0n) is 12.3. The van der Waals surface area contributed by atoms with Crippen molar-refractivity contribution in [2.24, 2.45) is 11.3 Å². The van der Waals surface area contributed by atoms with Crippen LogP contribution in [0.1, 0.15) is 48.5 Å². The maximum Gasteiger partial charge on any atom is 0.407 e. The number of hydrogen-bond acceptors (Lipinski definition) is 3. The number of hydrogen-bond donors (Lipinski definition) is 2. The van der Waals surface area contributed by atoms with Crippen LogP contribution in [0.5, 0.6) is 0 Å². The predicted octanol–water partition coefficient (Wildman–Crippen LogP) is 2.65. The average Bonchev–Trinajstić information content (AvgIpc) is 2.10. The average molecular weight is 259 g/mol. The minimum absolute atomic E-state index is 0.0105. The van der Waals surface area contributed by atoms with Gasteiger partial charge in [-0.3, -0.25) is 4.79 Å². The van der Waals surface area contributed by atoms with Gasteiger partial charge in [0.25, 0.3) is 0 Å². The van der Waals surface area contributed by atoms with E-state index in [0.29, 0.717) is 0 Å². The van der Waals surface area contributed by atoms with E-state index >= 15 is 0 Å². The molecule has 5 nitrogen and oxygen atoms in total. The van der Waals surface area contributed by atoms with Crippen LogP contribution in [0.3, 0.4) is 0 Å². The van der Waals surface area contributed by atoms with Crippen molar-refractivity contribution in [1.82, 2.24) is 5.32 Å². The predicted molar refractivity (Wildman–Crippen MR) is 69.4 cm³/mol. The van der Waals surface area contributed by atoms with E-state index in [1.807, 2.05) is 13.8 Å². The highest BCUT2D eigenvalue weighted by Crippen LogP contribution is 2.26. The molecular formula is C13H25NO4. The van der Waals surface area contributed by atoms with E-state index < -0.39 is 29.1 Å². The highest BCUT2D eigenvalue weighted by atomic mass is 16.6. The first-order valence-corrected chi connectivity index (χ1v) is 6.11. The van der Waals surface area contributed by atoms with Crippen LogP contribution >= 0.6 is 0 Å². The van der Waals surface area contributed by atoms with Crippen LogP contribution in [0.25, 0.3) is 0 Å². The fourth-order valence-corrected chi connectivity index (χ4v) is 1.75. The van der Waals surface area contributed by atoms with Gasteiger partial charge in [0.1, 0.15) is 5.60 Å². The first-order valence-electron chi connectivity index (χ1n) is 6.11. The fourth-order valence-electron chi connectivity index (χ4n) is 1.75. The van der Waals surface area contributed by atoms with Crippen LogP contribution in [0.2, 0.25) is 0 Å². The van der Waals surface area contributed by atoms with E-state index in [1.54, 1.807) is 34.6 Å².